The molecular weight excluding hydrogens is 461 g/mol. The molecule has 0 bridgehead atoms. The van der Waals surface area contributed by atoms with Crippen LogP contribution in [0.4, 0.5) is 4.79 Å². The van der Waals surface area contributed by atoms with Crippen molar-refractivity contribution in [2.45, 2.75) is 42.6 Å². The standard InChI is InChI=1S/C17H20N3O4S.Sn.H/c21-15(10-5-2-1-3-6-10)18-11(16(22)23)7-4-8-13-14-12(9-25-13)19-17(24)20-14;;/h1-3,5,11-14H,4,7-9H2,(H,18,21)(H,22,23)(H2,19,20,24);;/t11?,12-,13-,14-;;/m0../s1. The molecule has 9 heteroatoms. The zero-order chi connectivity index (χ0) is 18.7. The number of carboxylic acid groups (broad SMARTS) is 1. The molecule has 2 fully saturated rings. The topological polar surface area (TPSA) is 108 Å². The third kappa shape index (κ3) is 4.46. The Morgan fingerprint density at radius 2 is 2.12 bits per heavy atom. The van der Waals surface area contributed by atoms with E-state index in [0.717, 1.165) is 38.3 Å². The molecule has 1 aromatic carbocycles. The Hall–Kier alpha value is -1.42. The Morgan fingerprint density at radius 3 is 2.85 bits per heavy atom. The number of carbonyl (C=O) groups is 3. The van der Waals surface area contributed by atoms with Crippen LogP contribution in [0.2, 0.25) is 0 Å². The van der Waals surface area contributed by atoms with E-state index in [0.29, 0.717) is 18.4 Å². The molecule has 2 radical (unpaired) electrons. The number of amides is 3. The number of benzene rings is 1. The molecule has 3 amide bonds. The molecule has 2 aliphatic heterocycles. The number of thioether (sulfide) groups is 1. The maximum absolute atomic E-state index is 12.4. The summed E-state index contributed by atoms with van der Waals surface area (Å²) in [5, 5.41) is 18.2. The van der Waals surface area contributed by atoms with Crippen molar-refractivity contribution >= 4 is 55.8 Å². The first kappa shape index (κ1) is 19.3. The van der Waals surface area contributed by atoms with Crippen molar-refractivity contribution in [1.82, 2.24) is 16.0 Å². The molecule has 0 saturated carbocycles. The first-order valence-electron chi connectivity index (χ1n) is 8.52. The molecule has 1 aromatic rings. The van der Waals surface area contributed by atoms with E-state index >= 15 is 0 Å². The van der Waals surface area contributed by atoms with E-state index in [1.54, 1.807) is 23.9 Å². The molecular formula is C17H21N3O4SSn. The number of carboxylic acids is 1. The second kappa shape index (κ2) is 8.51. The van der Waals surface area contributed by atoms with Gasteiger partial charge < -0.3 is 0 Å². The second-order valence-electron chi connectivity index (χ2n) is 6.50. The summed E-state index contributed by atoms with van der Waals surface area (Å²) in [7, 11) is 0. The Morgan fingerprint density at radius 1 is 1.35 bits per heavy atom. The number of hydrogen-bond donors (Lipinski definition) is 4. The van der Waals surface area contributed by atoms with Gasteiger partial charge in [-0.15, -0.1) is 0 Å². The molecule has 7 nitrogen and oxygen atoms in total. The van der Waals surface area contributed by atoms with Crippen LogP contribution in [0.3, 0.4) is 0 Å². The molecule has 0 spiro atoms. The number of rotatable bonds is 7. The second-order valence-corrected chi connectivity index (χ2v) is 9.55. The van der Waals surface area contributed by atoms with Gasteiger partial charge in [0.05, 0.1) is 0 Å². The van der Waals surface area contributed by atoms with Gasteiger partial charge in [-0.05, 0) is 0 Å². The van der Waals surface area contributed by atoms with Crippen LogP contribution in [0.1, 0.15) is 29.6 Å². The van der Waals surface area contributed by atoms with Gasteiger partial charge in [0.15, 0.2) is 0 Å². The first-order valence-corrected chi connectivity index (χ1v) is 11.2. The zero-order valence-corrected chi connectivity index (χ0v) is 18.2. The molecule has 1 unspecified atom stereocenters. The summed E-state index contributed by atoms with van der Waals surface area (Å²) in [5.41, 5.74) is 0.551. The molecule has 2 heterocycles. The van der Waals surface area contributed by atoms with Crippen LogP contribution < -0.4 is 19.5 Å². The van der Waals surface area contributed by atoms with E-state index in [4.69, 9.17) is 0 Å². The van der Waals surface area contributed by atoms with Crippen molar-refractivity contribution < 1.29 is 19.5 Å². The molecule has 0 aromatic heterocycles. The average molecular weight is 482 g/mol. The molecule has 3 rings (SSSR count). The predicted octanol–water partition coefficient (Wildman–Crippen LogP) is -0.269. The fourth-order valence-electron chi connectivity index (χ4n) is 3.36. The summed E-state index contributed by atoms with van der Waals surface area (Å²) in [4.78, 5) is 35.3. The van der Waals surface area contributed by atoms with E-state index in [9.17, 15) is 19.5 Å². The van der Waals surface area contributed by atoms with Crippen molar-refractivity contribution in [2.24, 2.45) is 0 Å². The van der Waals surface area contributed by atoms with Crippen molar-refractivity contribution in [3.05, 3.63) is 29.8 Å². The van der Waals surface area contributed by atoms with E-state index in [2.05, 4.69) is 16.0 Å². The number of urea groups is 1. The molecule has 4 N–H and O–H groups in total. The van der Waals surface area contributed by atoms with E-state index in [1.807, 2.05) is 12.1 Å². The van der Waals surface area contributed by atoms with Crippen LogP contribution in [0, 0.1) is 0 Å². The van der Waals surface area contributed by atoms with Gasteiger partial charge in [-0.2, -0.15) is 0 Å². The van der Waals surface area contributed by atoms with Gasteiger partial charge in [0, 0.05) is 0 Å². The first-order chi connectivity index (χ1) is 12.5. The maximum atomic E-state index is 12.4. The summed E-state index contributed by atoms with van der Waals surface area (Å²) < 4.78 is 0.942. The van der Waals surface area contributed by atoms with Gasteiger partial charge in [-0.25, -0.2) is 4.79 Å². The normalized spacial score (nSPS) is 25.1. The monoisotopic (exact) mass is 483 g/mol. The quantitative estimate of drug-likeness (QED) is 0.317. The SMILES string of the molecule is O=C1N[C@H]2[C@H](CS[C@H]2CCCC(NC(=O)c2cccc[c]2[SnH])C(=O)O)N1. The number of fused-ring (bicyclic) bond motifs is 1. The molecule has 4 atom stereocenters. The Labute approximate surface area is 169 Å². The van der Waals surface area contributed by atoms with Crippen molar-refractivity contribution in [3.63, 3.8) is 0 Å². The molecule has 0 aliphatic carbocycles. The van der Waals surface area contributed by atoms with Crippen molar-refractivity contribution in [1.29, 1.82) is 0 Å². The number of hydrogen-bond acceptors (Lipinski definition) is 4. The fraction of sp³-hybridized carbons (Fsp3) is 0.471. The van der Waals surface area contributed by atoms with E-state index in [1.165, 1.54) is 0 Å². The minimum absolute atomic E-state index is 0.113. The average Bonchev–Trinajstić information content (AvgIpc) is 3.13. The number of carbonyl (C=O) groups excluding carboxylic acids is 2. The fourth-order valence-corrected chi connectivity index (χ4v) is 5.87. The molecule has 138 valence electrons. The summed E-state index contributed by atoms with van der Waals surface area (Å²) in [6, 6.07) is 6.50. The summed E-state index contributed by atoms with van der Waals surface area (Å²) >= 11 is 2.60. The van der Waals surface area contributed by atoms with Gasteiger partial charge in [0.25, 0.3) is 0 Å². The summed E-state index contributed by atoms with van der Waals surface area (Å²) in [6.07, 6.45) is 1.86. The van der Waals surface area contributed by atoms with Crippen LogP contribution in [0.15, 0.2) is 24.3 Å². The molecule has 2 saturated heterocycles. The summed E-state index contributed by atoms with van der Waals surface area (Å²) in [6.45, 7) is 0. The van der Waals surface area contributed by atoms with E-state index < -0.39 is 12.0 Å². The van der Waals surface area contributed by atoms with Crippen LogP contribution in [-0.2, 0) is 4.79 Å². The minimum atomic E-state index is -1.02. The van der Waals surface area contributed by atoms with Crippen LogP contribution in [-0.4, -0.2) is 74.7 Å². The van der Waals surface area contributed by atoms with Gasteiger partial charge >= 0.3 is 165 Å². The van der Waals surface area contributed by atoms with Crippen molar-refractivity contribution in [3.8, 4) is 0 Å². The van der Waals surface area contributed by atoms with Gasteiger partial charge in [0.2, 0.25) is 0 Å². The number of aliphatic carboxylic acids is 1. The Balaban J connectivity index is 1.51. The third-order valence-electron chi connectivity index (χ3n) is 4.73. The van der Waals surface area contributed by atoms with Crippen LogP contribution in [0.25, 0.3) is 0 Å². The molecule has 26 heavy (non-hydrogen) atoms. The van der Waals surface area contributed by atoms with Gasteiger partial charge in [-0.3, -0.25) is 0 Å². The number of nitrogens with one attached hydrogen (secondary N) is 3. The third-order valence-corrected chi connectivity index (χ3v) is 7.67. The van der Waals surface area contributed by atoms with Gasteiger partial charge in [0.1, 0.15) is 0 Å². The molecule has 2 aliphatic rings. The Bertz CT molecular complexity index is 717. The summed E-state index contributed by atoms with van der Waals surface area (Å²) in [5.74, 6) is -0.469. The van der Waals surface area contributed by atoms with Crippen molar-refractivity contribution in [2.75, 3.05) is 5.75 Å². The van der Waals surface area contributed by atoms with Crippen LogP contribution >= 0.6 is 11.8 Å². The van der Waals surface area contributed by atoms with Gasteiger partial charge in [-0.1, -0.05) is 0 Å². The predicted molar refractivity (Wildman–Crippen MR) is 101 cm³/mol. The van der Waals surface area contributed by atoms with Crippen LogP contribution in [0.5, 0.6) is 0 Å². The van der Waals surface area contributed by atoms with E-state index in [-0.39, 0.29) is 29.3 Å². The zero-order valence-electron chi connectivity index (χ0n) is 14.1. The Kier molecular flexibility index (Phi) is 6.33.